The Balaban J connectivity index is 1.89. The van der Waals surface area contributed by atoms with Crippen LogP contribution >= 0.6 is 23.2 Å². The van der Waals surface area contributed by atoms with Crippen LogP contribution in [0.15, 0.2) is 60.7 Å². The number of hydrogen-bond donors (Lipinski definition) is 1. The number of nitrogens with zero attached hydrogens (tertiary/aromatic N) is 2. The van der Waals surface area contributed by atoms with E-state index >= 15 is 0 Å². The summed E-state index contributed by atoms with van der Waals surface area (Å²) >= 11 is 12.7. The maximum Gasteiger partial charge on any atom is 0.240 e. The predicted molar refractivity (Wildman–Crippen MR) is 138 cm³/mol. The summed E-state index contributed by atoms with van der Waals surface area (Å²) in [6.45, 7) is 1.65. The molecule has 186 valence electrons. The highest BCUT2D eigenvalue weighted by Crippen LogP contribution is 2.61. The molecule has 0 radical (unpaired) electrons. The molecule has 2 aliphatic heterocycles. The number of hydrogen-bond acceptors (Lipinski definition) is 3. The van der Waals surface area contributed by atoms with Gasteiger partial charge >= 0.3 is 0 Å². The fourth-order valence-electron chi connectivity index (χ4n) is 6.03. The van der Waals surface area contributed by atoms with Gasteiger partial charge in [-0.3, -0.25) is 9.59 Å². The zero-order chi connectivity index (χ0) is 25.8. The number of likely N-dealkylation sites (tertiary alicyclic amines) is 1. The Morgan fingerprint density at radius 2 is 1.81 bits per heavy atom. The Morgan fingerprint density at radius 3 is 2.53 bits per heavy atom. The van der Waals surface area contributed by atoms with Crippen molar-refractivity contribution in [3.8, 4) is 0 Å². The van der Waals surface area contributed by atoms with Crippen molar-refractivity contribution in [2.24, 2.45) is 0 Å². The Bertz CT molecular complexity index is 1380. The third kappa shape index (κ3) is 3.62. The monoisotopic (exact) mass is 526 g/mol. The quantitative estimate of drug-likeness (QED) is 0.494. The van der Waals surface area contributed by atoms with Crippen LogP contribution in [-0.4, -0.2) is 42.0 Å². The average molecular weight is 527 g/mol. The topological polar surface area (TPSA) is 60.9 Å². The van der Waals surface area contributed by atoms with Crippen LogP contribution in [0.5, 0.6) is 0 Å². The summed E-state index contributed by atoms with van der Waals surface area (Å²) in [5, 5.41) is 10.8. The fraction of sp³-hybridized carbons (Fsp3) is 0.286. The first kappa shape index (κ1) is 24.8. The third-order valence-electron chi connectivity index (χ3n) is 7.55. The summed E-state index contributed by atoms with van der Waals surface area (Å²) in [5.41, 5.74) is 2.01. The van der Waals surface area contributed by atoms with Crippen molar-refractivity contribution >= 4 is 40.7 Å². The summed E-state index contributed by atoms with van der Waals surface area (Å²) in [5.74, 6) is -1.48. The Morgan fingerprint density at radius 1 is 1.06 bits per heavy atom. The number of carbonyl (C=O) groups excluding carboxylic acids is 2. The van der Waals surface area contributed by atoms with Gasteiger partial charge in [0.15, 0.2) is 0 Å². The molecule has 3 aromatic carbocycles. The van der Waals surface area contributed by atoms with Gasteiger partial charge in [-0.25, -0.2) is 4.39 Å². The molecule has 0 aliphatic carbocycles. The van der Waals surface area contributed by atoms with E-state index in [1.165, 1.54) is 17.0 Å². The van der Waals surface area contributed by atoms with Gasteiger partial charge in [-0.1, -0.05) is 47.5 Å². The van der Waals surface area contributed by atoms with Gasteiger partial charge in [0.05, 0.1) is 12.6 Å². The van der Waals surface area contributed by atoms with Crippen LogP contribution in [0.25, 0.3) is 0 Å². The highest BCUT2D eigenvalue weighted by molar-refractivity contribution is 6.31. The standard InChI is InChI=1S/C28H25Cl2FN2O3/c1-16-6-8-20(31)14-21(16)26-28(22-9-7-19(30)13-24(22)33(10-11-34)27(28)36)23(15-25(35)32(26)2)17-4-3-5-18(29)12-17/h3-9,12-14,23,26,34H,10-11,15H2,1-2H3/t23-,26+,28-/m0/s1. The Labute approximate surface area is 219 Å². The summed E-state index contributed by atoms with van der Waals surface area (Å²) in [6.07, 6.45) is 0.0580. The van der Waals surface area contributed by atoms with Gasteiger partial charge in [0.1, 0.15) is 11.2 Å². The lowest BCUT2D eigenvalue weighted by Crippen LogP contribution is -2.58. The van der Waals surface area contributed by atoms with Gasteiger partial charge in [0, 0.05) is 41.7 Å². The maximum atomic E-state index is 14.7. The van der Waals surface area contributed by atoms with Gasteiger partial charge in [-0.15, -0.1) is 0 Å². The molecule has 0 bridgehead atoms. The molecular formula is C28H25Cl2FN2O3. The molecule has 5 rings (SSSR count). The van der Waals surface area contributed by atoms with Gasteiger partial charge in [-0.2, -0.15) is 0 Å². The van der Waals surface area contributed by atoms with Crippen molar-refractivity contribution in [3.63, 3.8) is 0 Å². The largest absolute Gasteiger partial charge is 0.395 e. The molecular weight excluding hydrogens is 502 g/mol. The predicted octanol–water partition coefficient (Wildman–Crippen LogP) is 5.40. The number of aliphatic hydroxyl groups is 1. The molecule has 0 saturated carbocycles. The fourth-order valence-corrected chi connectivity index (χ4v) is 6.40. The van der Waals surface area contributed by atoms with Crippen molar-refractivity contribution < 1.29 is 19.1 Å². The van der Waals surface area contributed by atoms with E-state index in [-0.39, 0.29) is 31.4 Å². The van der Waals surface area contributed by atoms with E-state index in [0.717, 1.165) is 11.1 Å². The molecule has 2 amide bonds. The summed E-state index contributed by atoms with van der Waals surface area (Å²) in [4.78, 5) is 31.2. The first-order valence-corrected chi connectivity index (χ1v) is 12.5. The van der Waals surface area contributed by atoms with Gasteiger partial charge in [0.25, 0.3) is 0 Å². The van der Waals surface area contributed by atoms with Gasteiger partial charge in [-0.05, 0) is 65.6 Å². The van der Waals surface area contributed by atoms with E-state index < -0.39 is 23.2 Å². The molecule has 1 fully saturated rings. The number of fused-ring (bicyclic) bond motifs is 2. The average Bonchev–Trinajstić information content (AvgIpc) is 3.07. The van der Waals surface area contributed by atoms with E-state index in [1.807, 2.05) is 19.1 Å². The molecule has 1 spiro atoms. The number of benzene rings is 3. The van der Waals surface area contributed by atoms with Crippen LogP contribution in [0.1, 0.15) is 40.6 Å². The van der Waals surface area contributed by atoms with Crippen molar-refractivity contribution in [1.82, 2.24) is 4.90 Å². The normalized spacial score (nSPS) is 23.5. The highest BCUT2D eigenvalue weighted by Gasteiger charge is 2.64. The van der Waals surface area contributed by atoms with Gasteiger partial charge < -0.3 is 14.9 Å². The maximum absolute atomic E-state index is 14.7. The number of rotatable bonds is 4. The molecule has 1 saturated heterocycles. The van der Waals surface area contributed by atoms with E-state index in [4.69, 9.17) is 23.2 Å². The summed E-state index contributed by atoms with van der Waals surface area (Å²) in [7, 11) is 1.66. The SMILES string of the molecule is Cc1ccc(F)cc1[C@H]1N(C)C(=O)C[C@@H](c2cccc(Cl)c2)[C@]12C(=O)N(CCO)c1cc(Cl)ccc12. The second-order valence-corrected chi connectivity index (χ2v) is 10.3. The first-order chi connectivity index (χ1) is 17.2. The summed E-state index contributed by atoms with van der Waals surface area (Å²) < 4.78 is 14.7. The van der Waals surface area contributed by atoms with Crippen LogP contribution in [0.2, 0.25) is 10.0 Å². The van der Waals surface area contributed by atoms with Crippen molar-refractivity contribution in [2.45, 2.75) is 30.7 Å². The molecule has 5 nitrogen and oxygen atoms in total. The van der Waals surface area contributed by atoms with Crippen LogP contribution in [-0.2, 0) is 15.0 Å². The van der Waals surface area contributed by atoms with Crippen LogP contribution in [0.4, 0.5) is 10.1 Å². The van der Waals surface area contributed by atoms with E-state index in [1.54, 1.807) is 48.3 Å². The lowest BCUT2D eigenvalue weighted by atomic mass is 9.58. The molecule has 0 aromatic heterocycles. The number of carbonyl (C=O) groups is 2. The highest BCUT2D eigenvalue weighted by atomic mass is 35.5. The minimum absolute atomic E-state index is 0.0580. The van der Waals surface area contributed by atoms with Gasteiger partial charge in [0.2, 0.25) is 11.8 Å². The number of amides is 2. The number of anilines is 1. The number of β-amino-alcohol motifs (C(OH)–C–C–N with tert-alkyl or cyclic N) is 1. The molecule has 8 heteroatoms. The second kappa shape index (κ2) is 9.18. The van der Waals surface area contributed by atoms with E-state index in [9.17, 15) is 19.1 Å². The Hall–Kier alpha value is -2.93. The molecule has 0 unspecified atom stereocenters. The number of aryl methyl sites for hydroxylation is 1. The first-order valence-electron chi connectivity index (χ1n) is 11.7. The van der Waals surface area contributed by atoms with Crippen LogP contribution in [0.3, 0.4) is 0 Å². The van der Waals surface area contributed by atoms with Crippen molar-refractivity contribution in [2.75, 3.05) is 25.1 Å². The lowest BCUT2D eigenvalue weighted by molar-refractivity contribution is -0.144. The Kier molecular flexibility index (Phi) is 6.31. The zero-order valence-electron chi connectivity index (χ0n) is 19.8. The lowest BCUT2D eigenvalue weighted by Gasteiger charge is -2.51. The van der Waals surface area contributed by atoms with E-state index in [2.05, 4.69) is 0 Å². The number of halogens is 3. The van der Waals surface area contributed by atoms with Crippen LogP contribution in [0, 0.1) is 12.7 Å². The van der Waals surface area contributed by atoms with E-state index in [0.29, 0.717) is 26.9 Å². The summed E-state index contributed by atoms with van der Waals surface area (Å²) in [6, 6.07) is 16.0. The minimum atomic E-state index is -1.30. The molecule has 36 heavy (non-hydrogen) atoms. The number of likely N-dealkylation sites (N-methyl/N-ethyl adjacent to an activating group) is 1. The minimum Gasteiger partial charge on any atom is -0.395 e. The van der Waals surface area contributed by atoms with Crippen LogP contribution < -0.4 is 4.90 Å². The molecule has 2 heterocycles. The molecule has 2 aliphatic rings. The molecule has 1 N–H and O–H groups in total. The van der Waals surface area contributed by atoms with Crippen molar-refractivity contribution in [1.29, 1.82) is 0 Å². The molecule has 3 aromatic rings. The third-order valence-corrected chi connectivity index (χ3v) is 8.02. The number of aliphatic hydroxyl groups excluding tert-OH is 1. The number of piperidine rings is 1. The molecule has 3 atom stereocenters. The smallest absolute Gasteiger partial charge is 0.240 e. The second-order valence-electron chi connectivity index (χ2n) is 9.43. The van der Waals surface area contributed by atoms with Crippen molar-refractivity contribution in [3.05, 3.63) is 98.8 Å². The zero-order valence-corrected chi connectivity index (χ0v) is 21.4.